The van der Waals surface area contributed by atoms with Gasteiger partial charge in [0.15, 0.2) is 0 Å². The average Bonchev–Trinajstić information content (AvgIpc) is 3.14. The summed E-state index contributed by atoms with van der Waals surface area (Å²) in [5.41, 5.74) is 0.962. The summed E-state index contributed by atoms with van der Waals surface area (Å²) in [6.07, 6.45) is 3.42. The number of carbonyl (C=O) groups excluding carboxylic acids is 1. The van der Waals surface area contributed by atoms with Crippen LogP contribution in [0.4, 0.5) is 0 Å². The van der Waals surface area contributed by atoms with Crippen LogP contribution < -0.4 is 10.5 Å². The molecule has 1 amide bonds. The van der Waals surface area contributed by atoms with E-state index in [1.54, 1.807) is 13.0 Å². The SMILES string of the molecule is Cc1cc(C(=O)NC(C)CC2CC2)cc(S(N)(=O)=O)c1Br. The van der Waals surface area contributed by atoms with Crippen LogP contribution in [0.3, 0.4) is 0 Å². The van der Waals surface area contributed by atoms with E-state index in [4.69, 9.17) is 5.14 Å². The Morgan fingerprint density at radius 1 is 1.48 bits per heavy atom. The molecule has 5 nitrogen and oxygen atoms in total. The Morgan fingerprint density at radius 3 is 2.62 bits per heavy atom. The van der Waals surface area contributed by atoms with E-state index in [2.05, 4.69) is 21.2 Å². The van der Waals surface area contributed by atoms with Gasteiger partial charge in [-0.1, -0.05) is 12.8 Å². The first-order valence-corrected chi connectivity index (χ1v) is 9.16. The van der Waals surface area contributed by atoms with E-state index in [0.717, 1.165) is 6.42 Å². The van der Waals surface area contributed by atoms with E-state index < -0.39 is 10.0 Å². The molecule has 3 N–H and O–H groups in total. The molecule has 1 aliphatic rings. The number of amides is 1. The number of hydrogen-bond acceptors (Lipinski definition) is 3. The van der Waals surface area contributed by atoms with Gasteiger partial charge < -0.3 is 5.32 Å². The van der Waals surface area contributed by atoms with E-state index >= 15 is 0 Å². The molecule has 1 unspecified atom stereocenters. The summed E-state index contributed by atoms with van der Waals surface area (Å²) in [7, 11) is -3.88. The maximum Gasteiger partial charge on any atom is 0.251 e. The maximum atomic E-state index is 12.2. The molecule has 0 aliphatic heterocycles. The fourth-order valence-electron chi connectivity index (χ4n) is 2.29. The van der Waals surface area contributed by atoms with Crippen molar-refractivity contribution >= 4 is 31.9 Å². The highest BCUT2D eigenvalue weighted by Gasteiger charge is 2.25. The molecule has 0 aromatic heterocycles. The minimum atomic E-state index is -3.88. The first kappa shape index (κ1) is 16.5. The molecule has 21 heavy (non-hydrogen) atoms. The Morgan fingerprint density at radius 2 is 2.10 bits per heavy atom. The lowest BCUT2D eigenvalue weighted by Gasteiger charge is -2.15. The Balaban J connectivity index is 2.22. The first-order chi connectivity index (χ1) is 9.68. The second kappa shape index (κ2) is 6.06. The van der Waals surface area contributed by atoms with Crippen molar-refractivity contribution in [3.8, 4) is 0 Å². The Bertz CT molecular complexity index is 669. The van der Waals surface area contributed by atoms with Crippen LogP contribution in [0.1, 0.15) is 42.1 Å². The lowest BCUT2D eigenvalue weighted by molar-refractivity contribution is 0.0937. The van der Waals surface area contributed by atoms with Crippen molar-refractivity contribution in [2.75, 3.05) is 0 Å². The summed E-state index contributed by atoms with van der Waals surface area (Å²) in [5, 5.41) is 8.08. The number of hydrogen-bond donors (Lipinski definition) is 2. The zero-order chi connectivity index (χ0) is 15.8. The highest BCUT2D eigenvalue weighted by atomic mass is 79.9. The van der Waals surface area contributed by atoms with Crippen LogP contribution in [-0.2, 0) is 10.0 Å². The van der Waals surface area contributed by atoms with Gasteiger partial charge in [-0.05, 0) is 59.8 Å². The minimum Gasteiger partial charge on any atom is -0.350 e. The quantitative estimate of drug-likeness (QED) is 0.828. The molecule has 7 heteroatoms. The second-order valence-electron chi connectivity index (χ2n) is 5.70. The van der Waals surface area contributed by atoms with Gasteiger partial charge in [0, 0.05) is 16.1 Å². The number of nitrogens with one attached hydrogen (secondary N) is 1. The summed E-state index contributed by atoms with van der Waals surface area (Å²) in [6.45, 7) is 3.69. The zero-order valence-corrected chi connectivity index (χ0v) is 14.4. The Hall–Kier alpha value is -0.920. The highest BCUT2D eigenvalue weighted by Crippen LogP contribution is 2.33. The molecule has 1 aromatic rings. The van der Waals surface area contributed by atoms with Gasteiger partial charge in [0.25, 0.3) is 5.91 Å². The third-order valence-electron chi connectivity index (χ3n) is 3.55. The van der Waals surface area contributed by atoms with Crippen molar-refractivity contribution < 1.29 is 13.2 Å². The maximum absolute atomic E-state index is 12.2. The minimum absolute atomic E-state index is 0.0671. The number of halogens is 1. The molecular formula is C14H19BrN2O3S. The van der Waals surface area contributed by atoms with E-state index in [1.165, 1.54) is 18.9 Å². The van der Waals surface area contributed by atoms with Gasteiger partial charge >= 0.3 is 0 Å². The van der Waals surface area contributed by atoms with Crippen LogP contribution in [0.25, 0.3) is 0 Å². The molecule has 2 rings (SSSR count). The van der Waals surface area contributed by atoms with E-state index in [-0.39, 0.29) is 16.8 Å². The van der Waals surface area contributed by atoms with Crippen molar-refractivity contribution in [3.63, 3.8) is 0 Å². The summed E-state index contributed by atoms with van der Waals surface area (Å²) in [6, 6.07) is 3.04. The van der Waals surface area contributed by atoms with E-state index in [9.17, 15) is 13.2 Å². The topological polar surface area (TPSA) is 89.3 Å². The number of carbonyl (C=O) groups is 1. The van der Waals surface area contributed by atoms with Gasteiger partial charge in [-0.2, -0.15) is 0 Å². The van der Waals surface area contributed by atoms with Crippen molar-refractivity contribution in [3.05, 3.63) is 27.7 Å². The molecule has 0 bridgehead atoms. The normalized spacial score (nSPS) is 16.6. The third kappa shape index (κ3) is 4.28. The van der Waals surface area contributed by atoms with E-state index in [1.807, 2.05) is 6.92 Å². The summed E-state index contributed by atoms with van der Waals surface area (Å²) < 4.78 is 23.5. The van der Waals surface area contributed by atoms with Crippen molar-refractivity contribution in [1.82, 2.24) is 5.32 Å². The predicted octanol–water partition coefficient (Wildman–Crippen LogP) is 2.32. The number of benzene rings is 1. The van der Waals surface area contributed by atoms with Gasteiger partial charge in [-0.15, -0.1) is 0 Å². The monoisotopic (exact) mass is 374 g/mol. The molecule has 0 radical (unpaired) electrons. The number of nitrogens with two attached hydrogens (primary N) is 1. The zero-order valence-electron chi connectivity index (χ0n) is 12.0. The summed E-state index contributed by atoms with van der Waals surface area (Å²) in [4.78, 5) is 12.2. The number of rotatable bonds is 5. The molecule has 1 saturated carbocycles. The number of aryl methyl sites for hydroxylation is 1. The van der Waals surface area contributed by atoms with Crippen LogP contribution in [0.2, 0.25) is 0 Å². The molecule has 1 fully saturated rings. The van der Waals surface area contributed by atoms with Crippen LogP contribution in [0.5, 0.6) is 0 Å². The van der Waals surface area contributed by atoms with Gasteiger partial charge in [-0.25, -0.2) is 13.6 Å². The van der Waals surface area contributed by atoms with E-state index in [0.29, 0.717) is 21.5 Å². The number of primary sulfonamides is 1. The lowest BCUT2D eigenvalue weighted by Crippen LogP contribution is -2.33. The fraction of sp³-hybridized carbons (Fsp3) is 0.500. The number of sulfonamides is 1. The molecule has 0 spiro atoms. The van der Waals surface area contributed by atoms with Gasteiger partial charge in [0.05, 0.1) is 4.90 Å². The molecule has 1 aliphatic carbocycles. The smallest absolute Gasteiger partial charge is 0.251 e. The largest absolute Gasteiger partial charge is 0.350 e. The Labute approximate surface area is 133 Å². The molecule has 116 valence electrons. The first-order valence-electron chi connectivity index (χ1n) is 6.82. The van der Waals surface area contributed by atoms with Crippen LogP contribution in [-0.4, -0.2) is 20.4 Å². The average molecular weight is 375 g/mol. The summed E-state index contributed by atoms with van der Waals surface area (Å²) in [5.74, 6) is 0.440. The van der Waals surface area contributed by atoms with Crippen LogP contribution in [0.15, 0.2) is 21.5 Å². The summed E-state index contributed by atoms with van der Waals surface area (Å²) >= 11 is 3.20. The molecule has 0 heterocycles. The highest BCUT2D eigenvalue weighted by molar-refractivity contribution is 9.10. The molecule has 0 saturated heterocycles. The fourth-order valence-corrected chi connectivity index (χ4v) is 3.90. The van der Waals surface area contributed by atoms with Gasteiger partial charge in [-0.3, -0.25) is 4.79 Å². The van der Waals surface area contributed by atoms with Crippen molar-refractivity contribution in [2.45, 2.75) is 44.0 Å². The molecular weight excluding hydrogens is 356 g/mol. The van der Waals surface area contributed by atoms with Crippen LogP contribution >= 0.6 is 15.9 Å². The van der Waals surface area contributed by atoms with Gasteiger partial charge in [0.1, 0.15) is 0 Å². The lowest BCUT2D eigenvalue weighted by atomic mass is 10.1. The third-order valence-corrected chi connectivity index (χ3v) is 5.80. The van der Waals surface area contributed by atoms with Gasteiger partial charge in [0.2, 0.25) is 10.0 Å². The van der Waals surface area contributed by atoms with Crippen molar-refractivity contribution in [2.24, 2.45) is 11.1 Å². The second-order valence-corrected chi connectivity index (χ2v) is 8.03. The van der Waals surface area contributed by atoms with Crippen LogP contribution in [0, 0.1) is 12.8 Å². The molecule has 1 aromatic carbocycles. The molecule has 1 atom stereocenters. The Kier molecular flexibility index (Phi) is 4.75. The van der Waals surface area contributed by atoms with Crippen molar-refractivity contribution in [1.29, 1.82) is 0 Å². The predicted molar refractivity (Wildman–Crippen MR) is 84.5 cm³/mol. The standard InChI is InChI=1S/C14H19BrN2O3S/c1-8-5-11(7-12(13(8)15)21(16,19)20)14(18)17-9(2)6-10-3-4-10/h5,7,9-10H,3-4,6H2,1-2H3,(H,17,18)(H2,16,19,20).